The van der Waals surface area contributed by atoms with E-state index in [0.29, 0.717) is 11.3 Å². The van der Waals surface area contributed by atoms with Gasteiger partial charge in [0, 0.05) is 0 Å². The summed E-state index contributed by atoms with van der Waals surface area (Å²) >= 11 is 0. The van der Waals surface area contributed by atoms with Gasteiger partial charge in [-0.3, -0.25) is 14.5 Å². The molecule has 2 aromatic rings. The lowest BCUT2D eigenvalue weighted by molar-refractivity contribution is -0.134. The highest BCUT2D eigenvalue weighted by molar-refractivity contribution is 6.09. The van der Waals surface area contributed by atoms with Crippen molar-refractivity contribution in [1.29, 1.82) is 0 Å². The Labute approximate surface area is 145 Å². The zero-order valence-corrected chi connectivity index (χ0v) is 14.0. The second-order valence-corrected chi connectivity index (χ2v) is 6.17. The molecule has 1 atom stereocenters. The quantitative estimate of drug-likeness (QED) is 0.809. The Bertz CT molecular complexity index is 798. The van der Waals surface area contributed by atoms with Gasteiger partial charge in [0.15, 0.2) is 0 Å². The van der Waals surface area contributed by atoms with Crippen LogP contribution in [0.4, 0.5) is 4.79 Å². The molecule has 1 saturated heterocycles. The molecule has 1 aromatic carbocycles. The van der Waals surface area contributed by atoms with Crippen molar-refractivity contribution in [2.75, 3.05) is 6.54 Å². The third-order valence-corrected chi connectivity index (χ3v) is 4.25. The summed E-state index contributed by atoms with van der Waals surface area (Å²) in [6.07, 6.45) is 1.51. The van der Waals surface area contributed by atoms with E-state index < -0.39 is 23.4 Å². The summed E-state index contributed by atoms with van der Waals surface area (Å²) in [4.78, 5) is 37.9. The number of benzene rings is 1. The first-order valence-electron chi connectivity index (χ1n) is 7.90. The number of carbonyl (C=O) groups is 3. The molecule has 1 aliphatic heterocycles. The lowest BCUT2D eigenvalue weighted by Crippen LogP contribution is -2.43. The molecule has 1 aromatic heterocycles. The molecule has 130 valence electrons. The number of imide groups is 1. The topological polar surface area (TPSA) is 91.7 Å². The van der Waals surface area contributed by atoms with Crippen LogP contribution in [0.15, 0.2) is 47.1 Å². The summed E-state index contributed by atoms with van der Waals surface area (Å²) < 4.78 is 5.12. The third kappa shape index (κ3) is 3.26. The molecular weight excluding hydrogens is 322 g/mol. The van der Waals surface area contributed by atoms with Gasteiger partial charge in [0.1, 0.15) is 17.8 Å². The molecule has 0 radical (unpaired) electrons. The van der Waals surface area contributed by atoms with Crippen LogP contribution in [0.3, 0.4) is 0 Å². The van der Waals surface area contributed by atoms with Crippen LogP contribution >= 0.6 is 0 Å². The molecule has 0 spiro atoms. The predicted molar refractivity (Wildman–Crippen MR) is 89.3 cm³/mol. The summed E-state index contributed by atoms with van der Waals surface area (Å²) in [5.41, 5.74) is 0.555. The van der Waals surface area contributed by atoms with Crippen molar-refractivity contribution in [1.82, 2.24) is 15.5 Å². The third-order valence-electron chi connectivity index (χ3n) is 4.25. The van der Waals surface area contributed by atoms with Crippen LogP contribution in [0, 0.1) is 6.92 Å². The van der Waals surface area contributed by atoms with Crippen molar-refractivity contribution in [2.45, 2.75) is 25.9 Å². The number of hydrogen-bond donors (Lipinski definition) is 2. The van der Waals surface area contributed by atoms with Gasteiger partial charge in [-0.2, -0.15) is 0 Å². The molecule has 7 heteroatoms. The normalized spacial score (nSPS) is 19.8. The number of hydrogen-bond acceptors (Lipinski definition) is 4. The van der Waals surface area contributed by atoms with Crippen LogP contribution in [0.2, 0.25) is 0 Å². The average Bonchev–Trinajstić information content (AvgIpc) is 3.17. The van der Waals surface area contributed by atoms with E-state index in [4.69, 9.17) is 4.42 Å². The van der Waals surface area contributed by atoms with E-state index in [1.165, 1.54) is 6.26 Å². The molecule has 1 unspecified atom stereocenters. The van der Waals surface area contributed by atoms with Gasteiger partial charge >= 0.3 is 6.03 Å². The minimum Gasteiger partial charge on any atom is -0.467 e. The Morgan fingerprint density at radius 2 is 1.96 bits per heavy atom. The summed E-state index contributed by atoms with van der Waals surface area (Å²) in [6.45, 7) is 3.44. The fourth-order valence-electron chi connectivity index (χ4n) is 2.72. The predicted octanol–water partition coefficient (Wildman–Crippen LogP) is 1.67. The van der Waals surface area contributed by atoms with Crippen molar-refractivity contribution < 1.29 is 18.8 Å². The van der Waals surface area contributed by atoms with Gasteiger partial charge in [-0.15, -0.1) is 0 Å². The molecule has 0 bridgehead atoms. The lowest BCUT2D eigenvalue weighted by Gasteiger charge is -2.22. The molecule has 2 N–H and O–H groups in total. The van der Waals surface area contributed by atoms with E-state index in [-0.39, 0.29) is 13.1 Å². The Morgan fingerprint density at radius 1 is 1.24 bits per heavy atom. The molecule has 0 saturated carbocycles. The molecule has 1 aliphatic rings. The van der Waals surface area contributed by atoms with Crippen LogP contribution in [-0.4, -0.2) is 29.3 Å². The van der Waals surface area contributed by atoms with Crippen molar-refractivity contribution in [3.05, 3.63) is 59.5 Å². The van der Waals surface area contributed by atoms with Gasteiger partial charge in [-0.1, -0.05) is 29.8 Å². The molecule has 7 nitrogen and oxygen atoms in total. The maximum atomic E-state index is 12.7. The molecule has 1 fully saturated rings. The standard InChI is InChI=1S/C18H19N3O4/c1-12-5-7-13(8-6-12)18(2)16(23)21(17(24)20-18)11-15(22)19-10-14-4-3-9-25-14/h3-9H,10-11H2,1-2H3,(H,19,22)(H,20,24). The Morgan fingerprint density at radius 3 is 2.60 bits per heavy atom. The Balaban J connectivity index is 1.68. The average molecular weight is 341 g/mol. The minimum atomic E-state index is -1.17. The summed E-state index contributed by atoms with van der Waals surface area (Å²) in [6, 6.07) is 10.2. The number of amides is 4. The van der Waals surface area contributed by atoms with Crippen molar-refractivity contribution in [3.63, 3.8) is 0 Å². The number of nitrogens with zero attached hydrogens (tertiary/aromatic N) is 1. The van der Waals surface area contributed by atoms with Crippen LogP contribution in [0.5, 0.6) is 0 Å². The lowest BCUT2D eigenvalue weighted by atomic mass is 9.91. The fraction of sp³-hybridized carbons (Fsp3) is 0.278. The second kappa shape index (κ2) is 6.43. The highest BCUT2D eigenvalue weighted by atomic mass is 16.3. The smallest absolute Gasteiger partial charge is 0.325 e. The van der Waals surface area contributed by atoms with Crippen LogP contribution in [0.25, 0.3) is 0 Å². The van der Waals surface area contributed by atoms with Crippen LogP contribution in [0.1, 0.15) is 23.8 Å². The number of carbonyl (C=O) groups excluding carboxylic acids is 3. The molecule has 25 heavy (non-hydrogen) atoms. The zero-order valence-electron chi connectivity index (χ0n) is 14.0. The summed E-state index contributed by atoms with van der Waals surface area (Å²) in [5.74, 6) is -0.294. The first kappa shape index (κ1) is 16.8. The number of aryl methyl sites for hydroxylation is 1. The van der Waals surface area contributed by atoms with Gasteiger partial charge in [-0.05, 0) is 31.5 Å². The maximum absolute atomic E-state index is 12.7. The van der Waals surface area contributed by atoms with E-state index in [9.17, 15) is 14.4 Å². The monoisotopic (exact) mass is 341 g/mol. The first-order valence-corrected chi connectivity index (χ1v) is 7.90. The van der Waals surface area contributed by atoms with Gasteiger partial charge in [0.05, 0.1) is 12.8 Å². The Kier molecular flexibility index (Phi) is 4.31. The SMILES string of the molecule is Cc1ccc(C2(C)NC(=O)N(CC(=O)NCc3ccco3)C2=O)cc1. The number of nitrogens with one attached hydrogen (secondary N) is 2. The highest BCUT2D eigenvalue weighted by Gasteiger charge is 2.49. The number of furan rings is 1. The number of rotatable bonds is 5. The molecule has 3 rings (SSSR count). The molecule has 4 amide bonds. The second-order valence-electron chi connectivity index (χ2n) is 6.17. The van der Waals surface area contributed by atoms with Crippen molar-refractivity contribution in [2.24, 2.45) is 0 Å². The van der Waals surface area contributed by atoms with E-state index in [1.807, 2.05) is 19.1 Å². The Hall–Kier alpha value is -3.09. The summed E-state index contributed by atoms with van der Waals surface area (Å²) in [5, 5.41) is 5.30. The maximum Gasteiger partial charge on any atom is 0.325 e. The van der Waals surface area contributed by atoms with E-state index >= 15 is 0 Å². The molecule has 0 aliphatic carbocycles. The van der Waals surface area contributed by atoms with E-state index in [0.717, 1.165) is 10.5 Å². The highest BCUT2D eigenvalue weighted by Crippen LogP contribution is 2.28. The number of urea groups is 1. The van der Waals surface area contributed by atoms with Crippen LogP contribution < -0.4 is 10.6 Å². The van der Waals surface area contributed by atoms with Gasteiger partial charge in [-0.25, -0.2) is 4.79 Å². The van der Waals surface area contributed by atoms with E-state index in [2.05, 4.69) is 10.6 Å². The zero-order chi connectivity index (χ0) is 18.0. The van der Waals surface area contributed by atoms with Crippen molar-refractivity contribution >= 4 is 17.8 Å². The fourth-order valence-corrected chi connectivity index (χ4v) is 2.72. The molecule has 2 heterocycles. The minimum absolute atomic E-state index is 0.199. The van der Waals surface area contributed by atoms with Gasteiger partial charge in [0.25, 0.3) is 5.91 Å². The van der Waals surface area contributed by atoms with Gasteiger partial charge in [0.2, 0.25) is 5.91 Å². The first-order chi connectivity index (χ1) is 11.9. The summed E-state index contributed by atoms with van der Waals surface area (Å²) in [7, 11) is 0. The van der Waals surface area contributed by atoms with E-state index in [1.54, 1.807) is 31.2 Å². The van der Waals surface area contributed by atoms with Crippen molar-refractivity contribution in [3.8, 4) is 0 Å². The van der Waals surface area contributed by atoms with Gasteiger partial charge < -0.3 is 15.1 Å². The molecular formula is C18H19N3O4. The largest absolute Gasteiger partial charge is 0.467 e. The van der Waals surface area contributed by atoms with Crippen LogP contribution in [-0.2, 0) is 21.7 Å².